The van der Waals surface area contributed by atoms with Crippen molar-refractivity contribution in [2.45, 2.75) is 38.3 Å². The van der Waals surface area contributed by atoms with E-state index in [1.165, 1.54) is 11.1 Å². The molecule has 1 amide bonds. The lowest BCUT2D eigenvalue weighted by atomic mass is 9.73. The third-order valence-corrected chi connectivity index (χ3v) is 7.24. The lowest BCUT2D eigenvalue weighted by molar-refractivity contribution is -0.118. The molecule has 2 atom stereocenters. The van der Waals surface area contributed by atoms with Crippen LogP contribution in [0.3, 0.4) is 0 Å². The Hall–Kier alpha value is -3.20. The largest absolute Gasteiger partial charge is 0.368 e. The van der Waals surface area contributed by atoms with Crippen LogP contribution in [-0.2, 0) is 11.2 Å². The minimum Gasteiger partial charge on any atom is -0.368 e. The average Bonchev–Trinajstić information content (AvgIpc) is 3.32. The average molecular weight is 421 g/mol. The number of hydrogen-bond acceptors (Lipinski definition) is 7. The molecule has 1 saturated heterocycles. The molecule has 9 heteroatoms. The zero-order valence-corrected chi connectivity index (χ0v) is 17.9. The summed E-state index contributed by atoms with van der Waals surface area (Å²) in [5.74, 6) is 0.970. The van der Waals surface area contributed by atoms with E-state index in [0.717, 1.165) is 38.2 Å². The molecule has 31 heavy (non-hydrogen) atoms. The molecule has 2 aliphatic rings. The number of nitrogens with two attached hydrogens (primary N) is 2. The van der Waals surface area contributed by atoms with Gasteiger partial charge in [0, 0.05) is 26.2 Å². The van der Waals surface area contributed by atoms with E-state index in [2.05, 4.69) is 44.3 Å². The maximum Gasteiger partial charge on any atom is 0.239 e. The van der Waals surface area contributed by atoms with Gasteiger partial charge in [-0.2, -0.15) is 5.10 Å². The summed E-state index contributed by atoms with van der Waals surface area (Å²) in [4.78, 5) is 24.9. The first-order valence-corrected chi connectivity index (χ1v) is 10.7. The highest BCUT2D eigenvalue weighted by Crippen LogP contribution is 2.50. The number of aromatic amines is 1. The number of hydrogen-bond donors (Lipinski definition) is 3. The molecule has 1 spiro atoms. The summed E-state index contributed by atoms with van der Waals surface area (Å²) >= 11 is 0. The fraction of sp³-hybridized carbons (Fsp3) is 0.455. The van der Waals surface area contributed by atoms with Gasteiger partial charge in [0.1, 0.15) is 11.9 Å². The molecular formula is C22H28N8O. The Labute approximate surface area is 180 Å². The third-order valence-electron chi connectivity index (χ3n) is 7.24. The van der Waals surface area contributed by atoms with Crippen LogP contribution in [0, 0.1) is 5.41 Å². The van der Waals surface area contributed by atoms with Crippen LogP contribution in [-0.4, -0.2) is 52.3 Å². The van der Waals surface area contributed by atoms with Crippen molar-refractivity contribution in [3.63, 3.8) is 0 Å². The number of carbonyl (C=O) groups excluding carboxylic acids is 1. The Morgan fingerprint density at radius 3 is 2.77 bits per heavy atom. The highest BCUT2D eigenvalue weighted by Gasteiger charge is 2.45. The van der Waals surface area contributed by atoms with Gasteiger partial charge in [-0.15, -0.1) is 0 Å². The normalized spacial score (nSPS) is 20.7. The van der Waals surface area contributed by atoms with Gasteiger partial charge in [-0.05, 0) is 42.7 Å². The number of likely N-dealkylation sites (N-methyl/N-ethyl adjacent to an activating group) is 1. The van der Waals surface area contributed by atoms with Gasteiger partial charge < -0.3 is 21.3 Å². The van der Waals surface area contributed by atoms with E-state index in [-0.39, 0.29) is 11.5 Å². The second kappa shape index (κ2) is 7.19. The highest BCUT2D eigenvalue weighted by molar-refractivity contribution is 5.89. The van der Waals surface area contributed by atoms with Crippen molar-refractivity contribution >= 4 is 28.7 Å². The molecule has 9 nitrogen and oxygen atoms in total. The van der Waals surface area contributed by atoms with E-state index in [0.29, 0.717) is 17.0 Å². The molecule has 1 aliphatic carbocycles. The third kappa shape index (κ3) is 3.11. The van der Waals surface area contributed by atoms with Gasteiger partial charge in [-0.3, -0.25) is 9.89 Å². The summed E-state index contributed by atoms with van der Waals surface area (Å²) in [6, 6.07) is 8.17. The predicted octanol–water partition coefficient (Wildman–Crippen LogP) is 1.51. The van der Waals surface area contributed by atoms with E-state index in [9.17, 15) is 4.79 Å². The summed E-state index contributed by atoms with van der Waals surface area (Å²) in [6.07, 6.45) is 4.88. The summed E-state index contributed by atoms with van der Waals surface area (Å²) in [5.41, 5.74) is 16.2. The number of H-pyrrole nitrogens is 1. The predicted molar refractivity (Wildman–Crippen MR) is 120 cm³/mol. The van der Waals surface area contributed by atoms with Crippen molar-refractivity contribution in [2.24, 2.45) is 16.9 Å². The molecular weight excluding hydrogens is 392 g/mol. The number of nitrogens with zero attached hydrogens (tertiary/aromatic N) is 5. The number of benzene rings is 1. The lowest BCUT2D eigenvalue weighted by Crippen LogP contribution is -2.44. The standard InChI is InChI=1S/C22H28N8O/c1-13(19(24)31)29(2)21-17-20(27-28-21)26-16(12-25-17)30-9-7-22(8-10-30)11-14-5-3-4-6-15(14)18(22)23/h3-6,12-13,18H,7-11,23H2,1-2H3,(H2,24,31)(H,26,27,28)/t13-,18+/m0/s1. The number of nitrogens with one attached hydrogen (secondary N) is 1. The number of aromatic nitrogens is 4. The molecule has 0 saturated carbocycles. The van der Waals surface area contributed by atoms with Crippen LogP contribution in [0.2, 0.25) is 0 Å². The first-order valence-electron chi connectivity index (χ1n) is 10.7. The topological polar surface area (TPSA) is 130 Å². The van der Waals surface area contributed by atoms with Crippen LogP contribution in [0.25, 0.3) is 11.2 Å². The van der Waals surface area contributed by atoms with Crippen molar-refractivity contribution in [3.8, 4) is 0 Å². The van der Waals surface area contributed by atoms with Gasteiger partial charge in [0.25, 0.3) is 0 Å². The first kappa shape index (κ1) is 19.7. The van der Waals surface area contributed by atoms with Crippen molar-refractivity contribution in [3.05, 3.63) is 41.6 Å². The van der Waals surface area contributed by atoms with Gasteiger partial charge >= 0.3 is 0 Å². The number of amides is 1. The molecule has 5 rings (SSSR count). The van der Waals surface area contributed by atoms with Crippen molar-refractivity contribution in [2.75, 3.05) is 29.9 Å². The molecule has 0 radical (unpaired) electrons. The summed E-state index contributed by atoms with van der Waals surface area (Å²) < 4.78 is 0. The minimum atomic E-state index is -0.494. The maximum absolute atomic E-state index is 11.5. The van der Waals surface area contributed by atoms with Gasteiger partial charge in [0.15, 0.2) is 17.0 Å². The van der Waals surface area contributed by atoms with Crippen molar-refractivity contribution < 1.29 is 4.79 Å². The number of fused-ring (bicyclic) bond motifs is 2. The van der Waals surface area contributed by atoms with Gasteiger partial charge in [0.2, 0.25) is 5.91 Å². The molecule has 0 unspecified atom stereocenters. The van der Waals surface area contributed by atoms with E-state index in [1.807, 2.05) is 0 Å². The second-order valence-corrected chi connectivity index (χ2v) is 8.86. The van der Waals surface area contributed by atoms with Crippen LogP contribution in [0.5, 0.6) is 0 Å². The van der Waals surface area contributed by atoms with E-state index in [4.69, 9.17) is 16.5 Å². The zero-order chi connectivity index (χ0) is 21.8. The lowest BCUT2D eigenvalue weighted by Gasteiger charge is -2.42. The maximum atomic E-state index is 11.5. The fourth-order valence-electron chi connectivity index (χ4n) is 5.04. The van der Waals surface area contributed by atoms with Crippen LogP contribution >= 0.6 is 0 Å². The number of anilines is 2. The number of primary amides is 1. The highest BCUT2D eigenvalue weighted by atomic mass is 16.1. The number of piperidine rings is 1. The number of rotatable bonds is 4. The summed E-state index contributed by atoms with van der Waals surface area (Å²) in [6.45, 7) is 3.52. The summed E-state index contributed by atoms with van der Waals surface area (Å²) in [7, 11) is 1.77. The Bertz CT molecular complexity index is 1130. The van der Waals surface area contributed by atoms with Gasteiger partial charge in [-0.25, -0.2) is 9.97 Å². The summed E-state index contributed by atoms with van der Waals surface area (Å²) in [5, 5.41) is 7.25. The van der Waals surface area contributed by atoms with Crippen LogP contribution in [0.15, 0.2) is 30.5 Å². The zero-order valence-electron chi connectivity index (χ0n) is 17.9. The fourth-order valence-corrected chi connectivity index (χ4v) is 5.04. The first-order chi connectivity index (χ1) is 14.9. The molecule has 162 valence electrons. The minimum absolute atomic E-state index is 0.0948. The van der Waals surface area contributed by atoms with Crippen molar-refractivity contribution in [1.82, 2.24) is 20.2 Å². The van der Waals surface area contributed by atoms with Crippen LogP contribution in [0.4, 0.5) is 11.6 Å². The van der Waals surface area contributed by atoms with Crippen LogP contribution < -0.4 is 21.3 Å². The SMILES string of the molecule is C[C@@H](C(N)=O)N(C)c1n[nH]c2nc(N3CCC4(CC3)Cc3ccccc3[C@H]4N)cnc12. The van der Waals surface area contributed by atoms with E-state index < -0.39 is 11.9 Å². The second-order valence-electron chi connectivity index (χ2n) is 8.86. The van der Waals surface area contributed by atoms with E-state index in [1.54, 1.807) is 25.1 Å². The Morgan fingerprint density at radius 2 is 2.06 bits per heavy atom. The van der Waals surface area contributed by atoms with Gasteiger partial charge in [0.05, 0.1) is 6.20 Å². The smallest absolute Gasteiger partial charge is 0.239 e. The Balaban J connectivity index is 1.33. The molecule has 1 fully saturated rings. The van der Waals surface area contributed by atoms with Crippen molar-refractivity contribution in [1.29, 1.82) is 0 Å². The Morgan fingerprint density at radius 1 is 1.32 bits per heavy atom. The quantitative estimate of drug-likeness (QED) is 0.583. The molecule has 3 aromatic rings. The molecule has 5 N–H and O–H groups in total. The van der Waals surface area contributed by atoms with Gasteiger partial charge in [-0.1, -0.05) is 24.3 Å². The van der Waals surface area contributed by atoms with E-state index >= 15 is 0 Å². The molecule has 0 bridgehead atoms. The molecule has 1 aliphatic heterocycles. The Kier molecular flexibility index (Phi) is 4.58. The molecule has 1 aromatic carbocycles. The monoisotopic (exact) mass is 420 g/mol. The molecule has 3 heterocycles. The van der Waals surface area contributed by atoms with Crippen LogP contribution in [0.1, 0.15) is 36.9 Å². The number of carbonyl (C=O) groups is 1. The molecule has 2 aromatic heterocycles.